The summed E-state index contributed by atoms with van der Waals surface area (Å²) in [5, 5.41) is 1.93. The molecule has 1 amide bonds. The van der Waals surface area contributed by atoms with Gasteiger partial charge in [-0.1, -0.05) is 0 Å². The van der Waals surface area contributed by atoms with Crippen molar-refractivity contribution in [2.24, 2.45) is 18.0 Å². The van der Waals surface area contributed by atoms with E-state index in [1.807, 2.05) is 23.2 Å². The lowest BCUT2D eigenvalue weighted by Crippen LogP contribution is -2.37. The Morgan fingerprint density at radius 1 is 1.38 bits per heavy atom. The largest absolute Gasteiger partial charge is 0.355 e. The summed E-state index contributed by atoms with van der Waals surface area (Å²) in [5.41, 5.74) is 0. The highest BCUT2D eigenvalue weighted by atomic mass is 32.1. The van der Waals surface area contributed by atoms with Crippen LogP contribution in [0.5, 0.6) is 0 Å². The summed E-state index contributed by atoms with van der Waals surface area (Å²) >= 11 is 1.49. The van der Waals surface area contributed by atoms with Gasteiger partial charge in [-0.05, 0) is 12.8 Å². The second-order valence-corrected chi connectivity index (χ2v) is 5.94. The van der Waals surface area contributed by atoms with E-state index in [1.165, 1.54) is 11.3 Å². The zero-order valence-electron chi connectivity index (χ0n) is 11.8. The zero-order chi connectivity index (χ0) is 14.7. The molecule has 0 N–H and O–H groups in total. The van der Waals surface area contributed by atoms with E-state index in [2.05, 4.69) is 19.9 Å². The van der Waals surface area contributed by atoms with E-state index >= 15 is 0 Å². The number of carbonyl (C=O) groups excluding carboxylic acids is 1. The molecule has 21 heavy (non-hydrogen) atoms. The van der Waals surface area contributed by atoms with Crippen molar-refractivity contribution >= 4 is 23.1 Å². The van der Waals surface area contributed by atoms with Crippen molar-refractivity contribution in [1.82, 2.24) is 14.5 Å². The maximum absolute atomic E-state index is 12.2. The number of nitrogens with zero attached hydrogens (tertiary/aromatic N) is 5. The van der Waals surface area contributed by atoms with Gasteiger partial charge in [-0.2, -0.15) is 4.99 Å². The molecule has 110 valence electrons. The van der Waals surface area contributed by atoms with Crippen LogP contribution in [-0.2, 0) is 11.8 Å². The molecule has 0 saturated carbocycles. The molecular formula is C14H17N5OS. The summed E-state index contributed by atoms with van der Waals surface area (Å²) in [5.74, 6) is 0.886. The van der Waals surface area contributed by atoms with Crippen molar-refractivity contribution in [3.8, 4) is 0 Å². The molecule has 3 rings (SSSR count). The first-order valence-corrected chi connectivity index (χ1v) is 7.81. The van der Waals surface area contributed by atoms with E-state index < -0.39 is 0 Å². The summed E-state index contributed by atoms with van der Waals surface area (Å²) < 4.78 is 1.87. The maximum atomic E-state index is 12.2. The number of hydrogen-bond acceptors (Lipinski definition) is 5. The third kappa shape index (κ3) is 3.18. The highest BCUT2D eigenvalue weighted by molar-refractivity contribution is 7.07. The number of aromatic nitrogens is 3. The molecule has 6 nitrogen and oxygen atoms in total. The molecule has 1 aliphatic heterocycles. The van der Waals surface area contributed by atoms with Crippen LogP contribution in [0.1, 0.15) is 12.8 Å². The molecule has 0 aliphatic carbocycles. The molecule has 0 atom stereocenters. The minimum absolute atomic E-state index is 0.00755. The molecule has 2 aromatic rings. The molecule has 1 saturated heterocycles. The van der Waals surface area contributed by atoms with Gasteiger partial charge < -0.3 is 9.47 Å². The van der Waals surface area contributed by atoms with Crippen molar-refractivity contribution in [3.05, 3.63) is 35.0 Å². The number of rotatable bonds is 2. The Hall–Kier alpha value is -2.02. The monoisotopic (exact) mass is 303 g/mol. The van der Waals surface area contributed by atoms with Crippen LogP contribution in [0, 0.1) is 5.92 Å². The molecule has 2 aromatic heterocycles. The van der Waals surface area contributed by atoms with Gasteiger partial charge in [0, 0.05) is 50.0 Å². The SMILES string of the molecule is Cn1ccsc1=NC(=O)C1CCN(c2cnccn2)CC1. The topological polar surface area (TPSA) is 63.4 Å². The number of carbonyl (C=O) groups is 1. The van der Waals surface area contributed by atoms with E-state index in [9.17, 15) is 4.79 Å². The van der Waals surface area contributed by atoms with Gasteiger partial charge in [0.2, 0.25) is 0 Å². The fourth-order valence-electron chi connectivity index (χ4n) is 2.43. The predicted molar refractivity (Wildman–Crippen MR) is 80.8 cm³/mol. The van der Waals surface area contributed by atoms with E-state index in [0.29, 0.717) is 0 Å². The molecule has 0 unspecified atom stereocenters. The molecule has 1 fully saturated rings. The summed E-state index contributed by atoms with van der Waals surface area (Å²) in [6, 6.07) is 0. The van der Waals surface area contributed by atoms with Gasteiger partial charge in [-0.3, -0.25) is 9.78 Å². The fraction of sp³-hybridized carbons (Fsp3) is 0.429. The van der Waals surface area contributed by atoms with Crippen LogP contribution in [0.4, 0.5) is 5.82 Å². The maximum Gasteiger partial charge on any atom is 0.251 e. The van der Waals surface area contributed by atoms with E-state index in [-0.39, 0.29) is 11.8 Å². The normalized spacial score (nSPS) is 17.2. The third-order valence-electron chi connectivity index (χ3n) is 3.68. The number of amides is 1. The quantitative estimate of drug-likeness (QED) is 0.837. The van der Waals surface area contributed by atoms with E-state index in [1.54, 1.807) is 18.6 Å². The van der Waals surface area contributed by atoms with Crippen molar-refractivity contribution in [3.63, 3.8) is 0 Å². The Morgan fingerprint density at radius 3 is 2.81 bits per heavy atom. The van der Waals surface area contributed by atoms with Gasteiger partial charge in [-0.25, -0.2) is 4.98 Å². The smallest absolute Gasteiger partial charge is 0.251 e. The van der Waals surface area contributed by atoms with Crippen molar-refractivity contribution in [2.45, 2.75) is 12.8 Å². The Labute approximate surface area is 126 Å². The van der Waals surface area contributed by atoms with Gasteiger partial charge in [0.25, 0.3) is 5.91 Å². The Bertz CT molecular complexity index is 670. The van der Waals surface area contributed by atoms with Gasteiger partial charge >= 0.3 is 0 Å². The van der Waals surface area contributed by atoms with Crippen molar-refractivity contribution in [1.29, 1.82) is 0 Å². The molecule has 1 aliphatic rings. The summed E-state index contributed by atoms with van der Waals surface area (Å²) in [7, 11) is 1.90. The van der Waals surface area contributed by atoms with Crippen LogP contribution in [0.25, 0.3) is 0 Å². The van der Waals surface area contributed by atoms with E-state index in [0.717, 1.165) is 36.6 Å². The molecule has 7 heteroatoms. The molecule has 3 heterocycles. The lowest BCUT2D eigenvalue weighted by molar-refractivity contribution is -0.122. The first-order valence-electron chi connectivity index (χ1n) is 6.93. The Morgan fingerprint density at radius 2 is 2.19 bits per heavy atom. The van der Waals surface area contributed by atoms with Crippen molar-refractivity contribution in [2.75, 3.05) is 18.0 Å². The first kappa shape index (κ1) is 13.9. The average molecular weight is 303 g/mol. The van der Waals surface area contributed by atoms with Gasteiger partial charge in [0.15, 0.2) is 4.80 Å². The van der Waals surface area contributed by atoms with E-state index in [4.69, 9.17) is 0 Å². The van der Waals surface area contributed by atoms with Crippen LogP contribution in [0.15, 0.2) is 35.2 Å². The number of piperidine rings is 1. The standard InChI is InChI=1S/C14H17N5OS/c1-18-8-9-21-14(18)17-13(20)11-2-6-19(7-3-11)12-10-15-4-5-16-12/h4-5,8-11H,2-3,6-7H2,1H3. The molecular weight excluding hydrogens is 286 g/mol. The number of thiazole rings is 1. The summed E-state index contributed by atoms with van der Waals surface area (Å²) in [6.45, 7) is 1.64. The highest BCUT2D eigenvalue weighted by Crippen LogP contribution is 2.21. The molecule has 0 radical (unpaired) electrons. The Balaban J connectivity index is 1.64. The second kappa shape index (κ2) is 6.17. The van der Waals surface area contributed by atoms with Crippen LogP contribution < -0.4 is 9.70 Å². The lowest BCUT2D eigenvalue weighted by Gasteiger charge is -2.30. The molecule has 0 bridgehead atoms. The first-order chi connectivity index (χ1) is 10.2. The lowest BCUT2D eigenvalue weighted by atomic mass is 9.96. The predicted octanol–water partition coefficient (Wildman–Crippen LogP) is 1.22. The average Bonchev–Trinajstić information content (AvgIpc) is 2.93. The highest BCUT2D eigenvalue weighted by Gasteiger charge is 2.25. The van der Waals surface area contributed by atoms with Crippen LogP contribution in [-0.4, -0.2) is 33.5 Å². The Kier molecular flexibility index (Phi) is 4.10. The number of aryl methyl sites for hydroxylation is 1. The van der Waals surface area contributed by atoms with Crippen molar-refractivity contribution < 1.29 is 4.79 Å². The van der Waals surface area contributed by atoms with Crippen LogP contribution in [0.2, 0.25) is 0 Å². The van der Waals surface area contributed by atoms with Gasteiger partial charge in [0.1, 0.15) is 5.82 Å². The number of anilines is 1. The fourth-order valence-corrected chi connectivity index (χ4v) is 3.17. The second-order valence-electron chi connectivity index (χ2n) is 5.07. The minimum Gasteiger partial charge on any atom is -0.355 e. The summed E-state index contributed by atoms with van der Waals surface area (Å²) in [4.78, 5) is 27.8. The molecule has 0 spiro atoms. The summed E-state index contributed by atoms with van der Waals surface area (Å²) in [6.07, 6.45) is 8.66. The zero-order valence-corrected chi connectivity index (χ0v) is 12.7. The van der Waals surface area contributed by atoms with Gasteiger partial charge in [-0.15, -0.1) is 11.3 Å². The van der Waals surface area contributed by atoms with Gasteiger partial charge in [0.05, 0.1) is 6.20 Å². The van der Waals surface area contributed by atoms with Crippen LogP contribution in [0.3, 0.4) is 0 Å². The third-order valence-corrected chi connectivity index (χ3v) is 4.53. The molecule has 0 aromatic carbocycles. The minimum atomic E-state index is -0.00755. The van der Waals surface area contributed by atoms with Crippen LogP contribution >= 0.6 is 11.3 Å². The number of hydrogen-bond donors (Lipinski definition) is 0.